The van der Waals surface area contributed by atoms with Gasteiger partial charge in [-0.25, -0.2) is 0 Å². The second-order valence-electron chi connectivity index (χ2n) is 5.80. The summed E-state index contributed by atoms with van der Waals surface area (Å²) in [5.74, 6) is 1.06. The molecule has 20 heavy (non-hydrogen) atoms. The van der Waals surface area contributed by atoms with Crippen molar-refractivity contribution in [3.63, 3.8) is 0 Å². The number of benzene rings is 1. The number of fused-ring (bicyclic) bond motifs is 1. The van der Waals surface area contributed by atoms with E-state index >= 15 is 0 Å². The van der Waals surface area contributed by atoms with Gasteiger partial charge in [-0.3, -0.25) is 0 Å². The Morgan fingerprint density at radius 3 is 2.70 bits per heavy atom. The van der Waals surface area contributed by atoms with E-state index in [1.165, 1.54) is 56.1 Å². The van der Waals surface area contributed by atoms with Gasteiger partial charge in [0.05, 0.1) is 6.61 Å². The lowest BCUT2D eigenvalue weighted by Gasteiger charge is -2.16. The Bertz CT molecular complexity index is 389. The van der Waals surface area contributed by atoms with Crippen molar-refractivity contribution in [3.05, 3.63) is 29.3 Å². The van der Waals surface area contributed by atoms with Gasteiger partial charge in [-0.2, -0.15) is 0 Å². The minimum absolute atomic E-state index is 0.854. The smallest absolute Gasteiger partial charge is 0.119 e. The van der Waals surface area contributed by atoms with Gasteiger partial charge in [-0.05, 0) is 87.7 Å². The molecule has 0 saturated heterocycles. The largest absolute Gasteiger partial charge is 0.494 e. The summed E-state index contributed by atoms with van der Waals surface area (Å²) in [4.78, 5) is 0. The lowest BCUT2D eigenvalue weighted by atomic mass is 9.92. The first-order valence-electron chi connectivity index (χ1n) is 8.35. The van der Waals surface area contributed by atoms with Crippen LogP contribution in [-0.4, -0.2) is 19.7 Å². The van der Waals surface area contributed by atoms with Gasteiger partial charge in [0.25, 0.3) is 0 Å². The molecule has 1 N–H and O–H groups in total. The molecule has 0 aliphatic heterocycles. The first-order valence-corrected chi connectivity index (χ1v) is 8.35. The summed E-state index contributed by atoms with van der Waals surface area (Å²) in [5.41, 5.74) is 3.04. The number of rotatable bonds is 9. The zero-order valence-electron chi connectivity index (χ0n) is 12.9. The monoisotopic (exact) mass is 275 g/mol. The summed E-state index contributed by atoms with van der Waals surface area (Å²) in [6.07, 6.45) is 10.1. The van der Waals surface area contributed by atoms with Crippen molar-refractivity contribution < 1.29 is 4.74 Å². The third-order valence-corrected chi connectivity index (χ3v) is 4.01. The zero-order valence-corrected chi connectivity index (χ0v) is 12.9. The first-order chi connectivity index (χ1) is 9.90. The Balaban J connectivity index is 1.60. The predicted molar refractivity (Wildman–Crippen MR) is 85.6 cm³/mol. The van der Waals surface area contributed by atoms with Gasteiger partial charge >= 0.3 is 0 Å². The van der Waals surface area contributed by atoms with Crippen LogP contribution in [0.4, 0.5) is 0 Å². The molecule has 0 unspecified atom stereocenters. The maximum Gasteiger partial charge on any atom is 0.119 e. The molecule has 0 atom stereocenters. The zero-order chi connectivity index (χ0) is 14.0. The highest BCUT2D eigenvalue weighted by atomic mass is 16.5. The van der Waals surface area contributed by atoms with Gasteiger partial charge in [-0.15, -0.1) is 0 Å². The quantitative estimate of drug-likeness (QED) is 0.685. The molecule has 0 fully saturated rings. The van der Waals surface area contributed by atoms with E-state index < -0.39 is 0 Å². The molecule has 2 nitrogen and oxygen atoms in total. The third-order valence-electron chi connectivity index (χ3n) is 4.01. The van der Waals surface area contributed by atoms with Crippen LogP contribution in [0.1, 0.15) is 56.6 Å². The van der Waals surface area contributed by atoms with Gasteiger partial charge in [0, 0.05) is 0 Å². The maximum atomic E-state index is 5.88. The third kappa shape index (κ3) is 5.16. The van der Waals surface area contributed by atoms with Crippen LogP contribution >= 0.6 is 0 Å². The Morgan fingerprint density at radius 1 is 1.00 bits per heavy atom. The summed E-state index contributed by atoms with van der Waals surface area (Å²) < 4.78 is 5.88. The topological polar surface area (TPSA) is 21.3 Å². The summed E-state index contributed by atoms with van der Waals surface area (Å²) in [5, 5.41) is 3.44. The highest BCUT2D eigenvalue weighted by molar-refractivity contribution is 5.37. The van der Waals surface area contributed by atoms with Crippen molar-refractivity contribution >= 4 is 0 Å². The molecule has 2 heteroatoms. The summed E-state index contributed by atoms with van der Waals surface area (Å²) in [6.45, 7) is 5.35. The number of aryl methyl sites for hydroxylation is 2. The van der Waals surface area contributed by atoms with E-state index in [1.807, 2.05) is 0 Å². The minimum atomic E-state index is 0.854. The molecule has 1 aliphatic rings. The van der Waals surface area contributed by atoms with Crippen molar-refractivity contribution in [2.24, 2.45) is 0 Å². The van der Waals surface area contributed by atoms with E-state index in [-0.39, 0.29) is 0 Å². The molecule has 112 valence electrons. The lowest BCUT2D eigenvalue weighted by molar-refractivity contribution is 0.304. The molecular weight excluding hydrogens is 246 g/mol. The highest BCUT2D eigenvalue weighted by Gasteiger charge is 2.09. The van der Waals surface area contributed by atoms with Gasteiger partial charge in [-0.1, -0.05) is 13.0 Å². The fraction of sp³-hybridized carbons (Fsp3) is 0.667. The molecule has 0 saturated carbocycles. The van der Waals surface area contributed by atoms with Crippen molar-refractivity contribution in [1.82, 2.24) is 5.32 Å². The average molecular weight is 275 g/mol. The lowest BCUT2D eigenvalue weighted by Crippen LogP contribution is -2.15. The Hall–Kier alpha value is -1.02. The van der Waals surface area contributed by atoms with Crippen LogP contribution in [0, 0.1) is 0 Å². The second kappa shape index (κ2) is 9.02. The SMILES string of the molecule is CCCNCCCCCOc1ccc2c(c1)CCCC2. The van der Waals surface area contributed by atoms with E-state index in [1.54, 1.807) is 0 Å². The first kappa shape index (κ1) is 15.4. The molecule has 0 heterocycles. The fourth-order valence-electron chi connectivity index (χ4n) is 2.82. The van der Waals surface area contributed by atoms with Crippen LogP contribution in [0.3, 0.4) is 0 Å². The molecule has 0 radical (unpaired) electrons. The van der Waals surface area contributed by atoms with E-state index in [9.17, 15) is 0 Å². The molecule has 0 bridgehead atoms. The van der Waals surface area contributed by atoms with Crippen molar-refractivity contribution in [2.45, 2.75) is 58.3 Å². The predicted octanol–water partition coefficient (Wildman–Crippen LogP) is 4.11. The average Bonchev–Trinajstić information content (AvgIpc) is 2.50. The van der Waals surface area contributed by atoms with Gasteiger partial charge in [0.1, 0.15) is 5.75 Å². The summed E-state index contributed by atoms with van der Waals surface area (Å²) in [6, 6.07) is 6.67. The van der Waals surface area contributed by atoms with Crippen LogP contribution in [-0.2, 0) is 12.8 Å². The Kier molecular flexibility index (Phi) is 6.93. The van der Waals surface area contributed by atoms with E-state index in [2.05, 4.69) is 30.4 Å². The van der Waals surface area contributed by atoms with Gasteiger partial charge in [0.2, 0.25) is 0 Å². The minimum Gasteiger partial charge on any atom is -0.494 e. The van der Waals surface area contributed by atoms with Crippen LogP contribution in [0.2, 0.25) is 0 Å². The molecule has 0 amide bonds. The number of unbranched alkanes of at least 4 members (excludes halogenated alkanes) is 2. The Morgan fingerprint density at radius 2 is 1.85 bits per heavy atom. The molecule has 1 aromatic rings. The number of hydrogen-bond acceptors (Lipinski definition) is 2. The maximum absolute atomic E-state index is 5.88. The van der Waals surface area contributed by atoms with Crippen molar-refractivity contribution in [1.29, 1.82) is 0 Å². The van der Waals surface area contributed by atoms with Gasteiger partial charge in [0.15, 0.2) is 0 Å². The molecule has 1 aromatic carbocycles. The number of ether oxygens (including phenoxy) is 1. The summed E-state index contributed by atoms with van der Waals surface area (Å²) >= 11 is 0. The number of nitrogens with one attached hydrogen (secondary N) is 1. The molecule has 0 aromatic heterocycles. The normalized spacial score (nSPS) is 14.1. The number of hydrogen-bond donors (Lipinski definition) is 1. The van der Waals surface area contributed by atoms with Crippen LogP contribution in [0.15, 0.2) is 18.2 Å². The van der Waals surface area contributed by atoms with Gasteiger partial charge < -0.3 is 10.1 Å². The molecule has 1 aliphatic carbocycles. The van der Waals surface area contributed by atoms with Crippen LogP contribution in [0.5, 0.6) is 5.75 Å². The van der Waals surface area contributed by atoms with Crippen LogP contribution in [0.25, 0.3) is 0 Å². The van der Waals surface area contributed by atoms with E-state index in [0.29, 0.717) is 0 Å². The van der Waals surface area contributed by atoms with Crippen molar-refractivity contribution in [2.75, 3.05) is 19.7 Å². The van der Waals surface area contributed by atoms with E-state index in [4.69, 9.17) is 4.74 Å². The van der Waals surface area contributed by atoms with E-state index in [0.717, 1.165) is 31.9 Å². The molecular formula is C18H29NO. The second-order valence-corrected chi connectivity index (χ2v) is 5.80. The van der Waals surface area contributed by atoms with Crippen LogP contribution < -0.4 is 10.1 Å². The van der Waals surface area contributed by atoms with Crippen molar-refractivity contribution in [3.8, 4) is 5.75 Å². The fourth-order valence-corrected chi connectivity index (χ4v) is 2.82. The molecule has 2 rings (SSSR count). The molecule has 0 spiro atoms. The standard InChI is InChI=1S/C18H29NO/c1-2-12-19-13-6-3-7-14-20-18-11-10-16-8-4-5-9-17(16)15-18/h10-11,15,19H,2-9,12-14H2,1H3. The Labute approximate surface area is 123 Å². The highest BCUT2D eigenvalue weighted by Crippen LogP contribution is 2.25. The summed E-state index contributed by atoms with van der Waals surface area (Å²) in [7, 11) is 0.